The van der Waals surface area contributed by atoms with E-state index in [0.717, 1.165) is 33.1 Å². The van der Waals surface area contributed by atoms with Crippen molar-refractivity contribution in [2.45, 2.75) is 59.3 Å². The fourth-order valence-electron chi connectivity index (χ4n) is 6.12. The fraction of sp³-hybridized carbons (Fsp3) is 0.231. The maximum absolute atomic E-state index is 8.71. The molecule has 0 amide bonds. The summed E-state index contributed by atoms with van der Waals surface area (Å²) in [6.07, 6.45) is 0. The van der Waals surface area contributed by atoms with Gasteiger partial charge in [0.25, 0.3) is 0 Å². The van der Waals surface area contributed by atoms with Gasteiger partial charge in [0.15, 0.2) is 0 Å². The average Bonchev–Trinajstić information content (AvgIpc) is 3.54. The number of rotatable bonds is 2. The third-order valence-electron chi connectivity index (χ3n) is 8.40. The minimum atomic E-state index is -0.406. The molecule has 0 aliphatic heterocycles. The Morgan fingerprint density at radius 1 is 0.659 bits per heavy atom. The molecule has 0 bridgehead atoms. The Kier molecular flexibility index (Phi) is 4.44. The molecule has 204 valence electrons. The van der Waals surface area contributed by atoms with Gasteiger partial charge in [-0.1, -0.05) is 96.0 Å². The highest BCUT2D eigenvalue weighted by Gasteiger charge is 2.23. The first-order valence-electron chi connectivity index (χ1n) is 16.7. The molecule has 0 saturated heterocycles. The van der Waals surface area contributed by atoms with Gasteiger partial charge >= 0.3 is 0 Å². The number of hydrogen-bond donors (Lipinski definition) is 0. The molecule has 2 aromatic heterocycles. The predicted molar refractivity (Wildman–Crippen MR) is 176 cm³/mol. The van der Waals surface area contributed by atoms with Crippen molar-refractivity contribution in [3.63, 3.8) is 0 Å². The number of benzene rings is 5. The minimum Gasteiger partial charge on any atom is -0.456 e. The lowest BCUT2D eigenvalue weighted by atomic mass is 9.85. The van der Waals surface area contributed by atoms with E-state index >= 15 is 0 Å². The van der Waals surface area contributed by atoms with Crippen LogP contribution in [-0.4, -0.2) is 4.57 Å². The van der Waals surface area contributed by atoms with Crippen molar-refractivity contribution >= 4 is 43.7 Å². The summed E-state index contributed by atoms with van der Waals surface area (Å²) in [6.45, 7) is 15.5. The molecular weight excluding hydrogens is 498 g/mol. The number of aromatic nitrogens is 1. The molecule has 7 rings (SSSR count). The molecule has 0 fully saturated rings. The number of nitrogens with zero attached hydrogens (tertiary/aromatic N) is 1. The highest BCUT2D eigenvalue weighted by atomic mass is 16.3. The van der Waals surface area contributed by atoms with Crippen molar-refractivity contribution in [2.24, 2.45) is 0 Å². The number of aryl methyl sites for hydroxylation is 1. The SMILES string of the molecule is [2H]c1c([2H])c([2H])c(-c2cccc3oc4ccc(-n5c6ccc(C(C)(C)C)cc6c6cc(C(C)(C)C)ccc65)c(C)c4c23)c([2H])c1[2H]. The third-order valence-corrected chi connectivity index (χ3v) is 8.40. The average molecular weight is 541 g/mol. The molecule has 0 saturated carbocycles. The van der Waals surface area contributed by atoms with Gasteiger partial charge in [0.2, 0.25) is 0 Å². The van der Waals surface area contributed by atoms with E-state index in [1.807, 2.05) is 24.3 Å². The van der Waals surface area contributed by atoms with Gasteiger partial charge in [-0.2, -0.15) is 0 Å². The monoisotopic (exact) mass is 540 g/mol. The lowest BCUT2D eigenvalue weighted by Crippen LogP contribution is -2.10. The van der Waals surface area contributed by atoms with E-state index in [-0.39, 0.29) is 40.6 Å². The molecule has 7 aromatic rings. The second kappa shape index (κ2) is 8.85. The number of fused-ring (bicyclic) bond motifs is 6. The van der Waals surface area contributed by atoms with E-state index in [4.69, 9.17) is 11.3 Å². The van der Waals surface area contributed by atoms with Gasteiger partial charge in [0.1, 0.15) is 11.2 Å². The van der Waals surface area contributed by atoms with E-state index in [1.165, 1.54) is 21.9 Å². The van der Waals surface area contributed by atoms with Gasteiger partial charge in [-0.25, -0.2) is 0 Å². The highest BCUT2D eigenvalue weighted by Crippen LogP contribution is 2.42. The molecule has 0 radical (unpaired) electrons. The van der Waals surface area contributed by atoms with Crippen molar-refractivity contribution < 1.29 is 11.3 Å². The van der Waals surface area contributed by atoms with Crippen LogP contribution in [0.4, 0.5) is 0 Å². The Morgan fingerprint density at radius 2 is 1.24 bits per heavy atom. The molecule has 0 aliphatic rings. The van der Waals surface area contributed by atoms with Gasteiger partial charge in [-0.05, 0) is 88.0 Å². The molecule has 2 heteroatoms. The molecule has 0 atom stereocenters. The summed E-state index contributed by atoms with van der Waals surface area (Å²) in [5.74, 6) is 0. The lowest BCUT2D eigenvalue weighted by Gasteiger charge is -2.19. The number of hydrogen-bond acceptors (Lipinski definition) is 1. The summed E-state index contributed by atoms with van der Waals surface area (Å²) in [4.78, 5) is 0. The molecule has 0 aliphatic carbocycles. The Morgan fingerprint density at radius 3 is 1.83 bits per heavy atom. The van der Waals surface area contributed by atoms with Crippen LogP contribution < -0.4 is 0 Å². The smallest absolute Gasteiger partial charge is 0.136 e. The van der Waals surface area contributed by atoms with Gasteiger partial charge in [-0.15, -0.1) is 0 Å². The predicted octanol–water partition coefficient (Wildman–Crippen LogP) is 11.3. The fourth-order valence-corrected chi connectivity index (χ4v) is 6.12. The van der Waals surface area contributed by atoms with Crippen LogP contribution >= 0.6 is 0 Å². The van der Waals surface area contributed by atoms with Crippen LogP contribution in [0.15, 0.2) is 101 Å². The molecular formula is C39H37NO. The largest absolute Gasteiger partial charge is 0.456 e. The van der Waals surface area contributed by atoms with Gasteiger partial charge in [-0.3, -0.25) is 0 Å². The zero-order chi connectivity index (χ0) is 33.0. The Hall–Kier alpha value is -4.30. The van der Waals surface area contributed by atoms with Gasteiger partial charge in [0.05, 0.1) is 17.9 Å². The summed E-state index contributed by atoms with van der Waals surface area (Å²) < 4.78 is 50.8. The molecule has 0 spiro atoms. The standard InChI is InChI=1S/C39H37NO/c1-24-31(20-21-35-36(24)37-28(14-11-15-34(37)41-35)25-12-9-8-10-13-25)40-32-18-16-26(38(2,3)4)22-29(32)30-23-27(39(5,6)7)17-19-33(30)40/h8-23H,1-7H3/i8D,9D,10D,12D,13D. The summed E-state index contributed by atoms with van der Waals surface area (Å²) >= 11 is 0. The molecule has 5 aromatic carbocycles. The van der Waals surface area contributed by atoms with E-state index in [2.05, 4.69) is 95.5 Å². The molecule has 41 heavy (non-hydrogen) atoms. The first-order chi connectivity index (χ1) is 21.6. The zero-order valence-electron chi connectivity index (χ0n) is 29.7. The van der Waals surface area contributed by atoms with Crippen LogP contribution in [-0.2, 0) is 10.8 Å². The molecule has 2 nitrogen and oxygen atoms in total. The van der Waals surface area contributed by atoms with Crippen LogP contribution in [0.1, 0.15) is 65.1 Å². The van der Waals surface area contributed by atoms with Gasteiger partial charge in [0, 0.05) is 27.2 Å². The Labute approximate surface area is 249 Å². The van der Waals surface area contributed by atoms with Crippen molar-refractivity contribution in [2.75, 3.05) is 0 Å². The molecule has 0 N–H and O–H groups in total. The van der Waals surface area contributed by atoms with Crippen molar-refractivity contribution in [3.05, 3.63) is 114 Å². The summed E-state index contributed by atoms with van der Waals surface area (Å²) in [5, 5.41) is 4.00. The molecule has 0 unspecified atom stereocenters. The highest BCUT2D eigenvalue weighted by molar-refractivity contribution is 6.15. The molecule has 2 heterocycles. The van der Waals surface area contributed by atoms with E-state index < -0.39 is 6.04 Å². The third kappa shape index (κ3) is 4.00. The minimum absolute atomic E-state index is 0.00537. The van der Waals surface area contributed by atoms with E-state index in [9.17, 15) is 0 Å². The maximum atomic E-state index is 8.71. The Balaban J connectivity index is 1.59. The van der Waals surface area contributed by atoms with Crippen LogP contribution in [0.3, 0.4) is 0 Å². The normalized spacial score (nSPS) is 14.5. The topological polar surface area (TPSA) is 18.1 Å². The number of furan rings is 1. The van der Waals surface area contributed by atoms with Crippen LogP contribution in [0.25, 0.3) is 60.6 Å². The van der Waals surface area contributed by atoms with Crippen molar-refractivity contribution in [3.8, 4) is 16.8 Å². The van der Waals surface area contributed by atoms with Gasteiger partial charge < -0.3 is 8.98 Å². The summed E-state index contributed by atoms with van der Waals surface area (Å²) in [5.41, 5.74) is 8.74. The van der Waals surface area contributed by atoms with E-state index in [1.54, 1.807) is 0 Å². The summed E-state index contributed by atoms with van der Waals surface area (Å²) in [6, 6.07) is 21.6. The lowest BCUT2D eigenvalue weighted by molar-refractivity contribution is 0.590. The van der Waals surface area contributed by atoms with Crippen LogP contribution in [0, 0.1) is 6.92 Å². The van der Waals surface area contributed by atoms with Crippen molar-refractivity contribution in [1.29, 1.82) is 0 Å². The second-order valence-corrected chi connectivity index (χ2v) is 13.2. The first kappa shape index (κ1) is 20.6. The first-order valence-corrected chi connectivity index (χ1v) is 14.2. The Bertz CT molecular complexity index is 2300. The van der Waals surface area contributed by atoms with Crippen LogP contribution in [0.5, 0.6) is 0 Å². The maximum Gasteiger partial charge on any atom is 0.136 e. The summed E-state index contributed by atoms with van der Waals surface area (Å²) in [7, 11) is 0. The second-order valence-electron chi connectivity index (χ2n) is 13.2. The van der Waals surface area contributed by atoms with Crippen LogP contribution in [0.2, 0.25) is 0 Å². The quantitative estimate of drug-likeness (QED) is 0.213. The van der Waals surface area contributed by atoms with Crippen molar-refractivity contribution in [1.82, 2.24) is 4.57 Å². The zero-order valence-corrected chi connectivity index (χ0v) is 24.7. The van der Waals surface area contributed by atoms with E-state index in [0.29, 0.717) is 16.7 Å².